The minimum atomic E-state index is -0.593. The largest absolute Gasteiger partial charge is 0.394 e. The zero-order chi connectivity index (χ0) is 14.0. The summed E-state index contributed by atoms with van der Waals surface area (Å²) in [6.07, 6.45) is 2.14. The average molecular weight is 262 g/mol. The Kier molecular flexibility index (Phi) is 3.80. The molecule has 1 aliphatic rings. The zero-order valence-corrected chi connectivity index (χ0v) is 11.9. The molecule has 4 nitrogen and oxygen atoms in total. The minimum Gasteiger partial charge on any atom is -0.394 e. The number of nitrogens with zero attached hydrogens (tertiary/aromatic N) is 1. The van der Waals surface area contributed by atoms with Gasteiger partial charge in [-0.2, -0.15) is 0 Å². The molecule has 2 N–H and O–H groups in total. The molecule has 19 heavy (non-hydrogen) atoms. The lowest BCUT2D eigenvalue weighted by Crippen LogP contribution is -2.46. The first-order valence-corrected chi connectivity index (χ1v) is 6.70. The van der Waals surface area contributed by atoms with Gasteiger partial charge in [0.15, 0.2) is 0 Å². The summed E-state index contributed by atoms with van der Waals surface area (Å²) in [5.74, 6) is -0.130. The van der Waals surface area contributed by atoms with Gasteiger partial charge in [0.2, 0.25) is 0 Å². The summed E-state index contributed by atoms with van der Waals surface area (Å²) < 4.78 is 0. The first-order chi connectivity index (χ1) is 8.93. The van der Waals surface area contributed by atoms with Gasteiger partial charge in [0.1, 0.15) is 0 Å². The monoisotopic (exact) mass is 262 g/mol. The Bertz CT molecular complexity index is 483. The molecule has 4 heteroatoms. The Balaban J connectivity index is 2.20. The molecule has 0 aromatic heterocycles. The fraction of sp³-hybridized carbons (Fsp3) is 0.533. The van der Waals surface area contributed by atoms with Gasteiger partial charge in [-0.15, -0.1) is 0 Å². The maximum atomic E-state index is 12.2. The fourth-order valence-corrected chi connectivity index (χ4v) is 2.35. The Hall–Kier alpha value is -1.55. The number of anilines is 1. The van der Waals surface area contributed by atoms with E-state index in [0.717, 1.165) is 19.4 Å². The number of aryl methyl sites for hydroxylation is 1. The fourth-order valence-electron chi connectivity index (χ4n) is 2.35. The highest BCUT2D eigenvalue weighted by molar-refractivity contribution is 5.95. The number of hydrogen-bond acceptors (Lipinski definition) is 3. The van der Waals surface area contributed by atoms with E-state index in [4.69, 9.17) is 0 Å². The van der Waals surface area contributed by atoms with E-state index in [1.54, 1.807) is 13.8 Å². The molecule has 0 aliphatic carbocycles. The van der Waals surface area contributed by atoms with Gasteiger partial charge >= 0.3 is 0 Å². The molecule has 1 heterocycles. The Morgan fingerprint density at radius 3 is 2.89 bits per heavy atom. The van der Waals surface area contributed by atoms with E-state index in [1.807, 2.05) is 18.2 Å². The summed E-state index contributed by atoms with van der Waals surface area (Å²) in [7, 11) is 2.08. The van der Waals surface area contributed by atoms with E-state index >= 15 is 0 Å². The molecule has 0 unspecified atom stereocenters. The van der Waals surface area contributed by atoms with Crippen molar-refractivity contribution in [2.75, 3.05) is 25.1 Å². The standard InChI is InChI=1S/C15H22N2O2/c1-15(2,10-18)16-14(19)12-6-7-13-11(9-12)5-4-8-17(13)3/h6-7,9,18H,4-5,8,10H2,1-3H3,(H,16,19). The Morgan fingerprint density at radius 1 is 1.47 bits per heavy atom. The summed E-state index contributed by atoms with van der Waals surface area (Å²) in [4.78, 5) is 14.4. The predicted molar refractivity (Wildman–Crippen MR) is 76.7 cm³/mol. The second-order valence-electron chi connectivity index (χ2n) is 5.86. The van der Waals surface area contributed by atoms with Crippen molar-refractivity contribution in [1.29, 1.82) is 0 Å². The SMILES string of the molecule is CN1CCCc2cc(C(=O)NC(C)(C)CO)ccc21. The molecule has 0 atom stereocenters. The maximum Gasteiger partial charge on any atom is 0.251 e. The molecule has 0 radical (unpaired) electrons. The van der Waals surface area contributed by atoms with E-state index in [1.165, 1.54) is 11.3 Å². The third kappa shape index (κ3) is 3.07. The average Bonchev–Trinajstić information content (AvgIpc) is 2.38. The Labute approximate surface area is 114 Å². The summed E-state index contributed by atoms with van der Waals surface area (Å²) in [5.41, 5.74) is 2.51. The number of hydrogen-bond donors (Lipinski definition) is 2. The van der Waals surface area contributed by atoms with E-state index < -0.39 is 5.54 Å². The topological polar surface area (TPSA) is 52.6 Å². The summed E-state index contributed by atoms with van der Waals surface area (Å²) in [6.45, 7) is 4.59. The predicted octanol–water partition coefficient (Wildman–Crippen LogP) is 1.57. The van der Waals surface area contributed by atoms with Crippen LogP contribution in [-0.2, 0) is 6.42 Å². The highest BCUT2D eigenvalue weighted by atomic mass is 16.3. The molecule has 0 bridgehead atoms. The van der Waals surface area contributed by atoms with Crippen LogP contribution in [-0.4, -0.2) is 36.8 Å². The van der Waals surface area contributed by atoms with Crippen LogP contribution < -0.4 is 10.2 Å². The summed E-state index contributed by atoms with van der Waals surface area (Å²) in [6, 6.07) is 5.83. The molecule has 0 fully saturated rings. The van der Waals surface area contributed by atoms with Crippen LogP contribution in [0.3, 0.4) is 0 Å². The molecule has 0 spiro atoms. The molecule has 1 amide bonds. The molecular weight excluding hydrogens is 240 g/mol. The van der Waals surface area contributed by atoms with E-state index in [-0.39, 0.29) is 12.5 Å². The minimum absolute atomic E-state index is 0.0770. The highest BCUT2D eigenvalue weighted by Crippen LogP contribution is 2.26. The van der Waals surface area contributed by atoms with Gasteiger partial charge in [-0.05, 0) is 50.5 Å². The van der Waals surface area contributed by atoms with Gasteiger partial charge in [-0.3, -0.25) is 4.79 Å². The first-order valence-electron chi connectivity index (χ1n) is 6.70. The van der Waals surface area contributed by atoms with Crippen LogP contribution in [0.4, 0.5) is 5.69 Å². The van der Waals surface area contributed by atoms with Gasteiger partial charge in [-0.1, -0.05) is 0 Å². The molecule has 1 aromatic rings. The number of fused-ring (bicyclic) bond motifs is 1. The number of aliphatic hydroxyl groups is 1. The van der Waals surface area contributed by atoms with Crippen molar-refractivity contribution in [3.05, 3.63) is 29.3 Å². The van der Waals surface area contributed by atoms with E-state index in [0.29, 0.717) is 5.56 Å². The molecule has 1 aromatic carbocycles. The van der Waals surface area contributed by atoms with Crippen molar-refractivity contribution in [2.45, 2.75) is 32.2 Å². The number of benzene rings is 1. The number of nitrogens with one attached hydrogen (secondary N) is 1. The maximum absolute atomic E-state index is 12.2. The van der Waals surface area contributed by atoms with Crippen LogP contribution >= 0.6 is 0 Å². The van der Waals surface area contributed by atoms with E-state index in [2.05, 4.69) is 17.3 Å². The molecule has 104 valence electrons. The number of aliphatic hydroxyl groups excluding tert-OH is 1. The van der Waals surface area contributed by atoms with Gasteiger partial charge in [0, 0.05) is 24.8 Å². The summed E-state index contributed by atoms with van der Waals surface area (Å²) >= 11 is 0. The molecule has 0 saturated carbocycles. The quantitative estimate of drug-likeness (QED) is 0.869. The van der Waals surface area contributed by atoms with Crippen LogP contribution in [0.1, 0.15) is 36.2 Å². The van der Waals surface area contributed by atoms with Gasteiger partial charge < -0.3 is 15.3 Å². The lowest BCUT2D eigenvalue weighted by molar-refractivity contribution is 0.0869. The molecular formula is C15H22N2O2. The second-order valence-corrected chi connectivity index (χ2v) is 5.86. The van der Waals surface area contributed by atoms with Crippen molar-refractivity contribution in [3.63, 3.8) is 0 Å². The van der Waals surface area contributed by atoms with Crippen LogP contribution in [0.5, 0.6) is 0 Å². The molecule has 1 aliphatic heterocycles. The van der Waals surface area contributed by atoms with Gasteiger partial charge in [0.05, 0.1) is 12.1 Å². The third-order valence-electron chi connectivity index (χ3n) is 3.54. The summed E-state index contributed by atoms with van der Waals surface area (Å²) in [5, 5.41) is 12.0. The first kappa shape index (κ1) is 13.9. The van der Waals surface area contributed by atoms with Crippen LogP contribution in [0.25, 0.3) is 0 Å². The van der Waals surface area contributed by atoms with E-state index in [9.17, 15) is 9.90 Å². The van der Waals surface area contributed by atoms with Crippen LogP contribution in [0, 0.1) is 0 Å². The van der Waals surface area contributed by atoms with Crippen molar-refractivity contribution >= 4 is 11.6 Å². The van der Waals surface area contributed by atoms with Crippen molar-refractivity contribution in [1.82, 2.24) is 5.32 Å². The van der Waals surface area contributed by atoms with Gasteiger partial charge in [-0.25, -0.2) is 0 Å². The highest BCUT2D eigenvalue weighted by Gasteiger charge is 2.21. The number of carbonyl (C=O) groups excluding carboxylic acids is 1. The molecule has 2 rings (SSSR count). The lowest BCUT2D eigenvalue weighted by Gasteiger charge is -2.28. The number of rotatable bonds is 3. The van der Waals surface area contributed by atoms with Crippen molar-refractivity contribution in [3.8, 4) is 0 Å². The number of amides is 1. The van der Waals surface area contributed by atoms with Crippen LogP contribution in [0.15, 0.2) is 18.2 Å². The second kappa shape index (κ2) is 5.21. The number of carbonyl (C=O) groups is 1. The molecule has 0 saturated heterocycles. The zero-order valence-electron chi connectivity index (χ0n) is 11.9. The normalized spacial score (nSPS) is 15.1. The van der Waals surface area contributed by atoms with Crippen LogP contribution in [0.2, 0.25) is 0 Å². The van der Waals surface area contributed by atoms with Crippen molar-refractivity contribution < 1.29 is 9.90 Å². The Morgan fingerprint density at radius 2 is 2.21 bits per heavy atom. The van der Waals surface area contributed by atoms with Crippen molar-refractivity contribution in [2.24, 2.45) is 0 Å². The third-order valence-corrected chi connectivity index (χ3v) is 3.54. The van der Waals surface area contributed by atoms with Gasteiger partial charge in [0.25, 0.3) is 5.91 Å². The smallest absolute Gasteiger partial charge is 0.251 e. The lowest BCUT2D eigenvalue weighted by atomic mass is 9.98.